The normalized spacial score (nSPS) is 13.8. The molecule has 0 saturated carbocycles. The van der Waals surface area contributed by atoms with Gasteiger partial charge in [-0.25, -0.2) is 29.9 Å². The molecule has 0 spiro atoms. The molecule has 10 heteroatoms. The lowest BCUT2D eigenvalue weighted by Gasteiger charge is -2.44. The predicted octanol–water partition coefficient (Wildman–Crippen LogP) is 22.4. The molecule has 10 nitrogen and oxygen atoms in total. The zero-order valence-corrected chi connectivity index (χ0v) is 53.0. The molecule has 19 rings (SSSR count). The van der Waals surface area contributed by atoms with Gasteiger partial charge in [0.15, 0.2) is 34.9 Å². The van der Waals surface area contributed by atoms with Gasteiger partial charge in [0.25, 0.3) is 0 Å². The minimum atomic E-state index is -0.546. The summed E-state index contributed by atoms with van der Waals surface area (Å²) >= 11 is 0. The molecule has 0 bridgehead atoms. The van der Waals surface area contributed by atoms with Crippen LogP contribution in [0.25, 0.3) is 134 Å². The second kappa shape index (κ2) is 21.1. The Balaban J connectivity index is 0.864. The summed E-state index contributed by atoms with van der Waals surface area (Å²) in [5.41, 5.74) is 18.5. The lowest BCUT2D eigenvalue weighted by atomic mass is 9.72. The number of para-hydroxylation sites is 2. The maximum absolute atomic E-state index is 6.85. The number of rotatable bonds is 8. The number of benzene rings is 13. The van der Waals surface area contributed by atoms with Crippen LogP contribution >= 0.6 is 0 Å². The first-order valence-corrected chi connectivity index (χ1v) is 32.6. The fourth-order valence-electron chi connectivity index (χ4n) is 15.1. The molecule has 13 aromatic carbocycles. The van der Waals surface area contributed by atoms with Crippen molar-refractivity contribution >= 4 is 99.5 Å². The highest BCUT2D eigenvalue weighted by Crippen LogP contribution is 2.61. The number of hydrogen-bond acceptors (Lipinski definition) is 10. The first-order chi connectivity index (χ1) is 47.1. The van der Waals surface area contributed by atoms with Crippen molar-refractivity contribution < 1.29 is 8.83 Å². The maximum Gasteiger partial charge on any atom is 0.164 e. The number of fused-ring (bicyclic) bond motifs is 12. The first kappa shape index (κ1) is 55.3. The number of furan rings is 2. The molecule has 2 aliphatic heterocycles. The Kier molecular flexibility index (Phi) is 12.1. The summed E-state index contributed by atoms with van der Waals surface area (Å²) in [6.45, 7) is 9.39. The van der Waals surface area contributed by atoms with Crippen LogP contribution in [0, 0.1) is 0 Å². The van der Waals surface area contributed by atoms with Crippen molar-refractivity contribution in [2.75, 3.05) is 9.80 Å². The van der Waals surface area contributed by atoms with Gasteiger partial charge in [0.1, 0.15) is 22.3 Å². The van der Waals surface area contributed by atoms with Gasteiger partial charge in [-0.15, -0.1) is 0 Å². The van der Waals surface area contributed by atoms with Gasteiger partial charge in [0, 0.05) is 99.4 Å². The molecule has 0 radical (unpaired) electrons. The fraction of sp³-hybridized carbons (Fsp3) is 0.0698. The van der Waals surface area contributed by atoms with Gasteiger partial charge in [-0.3, -0.25) is 0 Å². The summed E-state index contributed by atoms with van der Waals surface area (Å²) in [5.74, 6) is 3.62. The Morgan fingerprint density at radius 1 is 0.229 bits per heavy atom. The minimum Gasteiger partial charge on any atom is -0.456 e. The zero-order valence-electron chi connectivity index (χ0n) is 53.0. The van der Waals surface area contributed by atoms with Crippen LogP contribution in [0.5, 0.6) is 0 Å². The van der Waals surface area contributed by atoms with Crippen LogP contribution < -0.4 is 9.80 Å². The molecule has 0 saturated heterocycles. The van der Waals surface area contributed by atoms with Crippen LogP contribution in [-0.4, -0.2) is 29.9 Å². The Morgan fingerprint density at radius 2 is 0.500 bits per heavy atom. The summed E-state index contributed by atoms with van der Waals surface area (Å²) in [6.07, 6.45) is 0. The van der Waals surface area contributed by atoms with E-state index in [-0.39, 0.29) is 0 Å². The average molecular weight is 1240 g/mol. The molecular weight excluding hydrogens is 1180 g/mol. The van der Waals surface area contributed by atoms with Gasteiger partial charge >= 0.3 is 0 Å². The summed E-state index contributed by atoms with van der Waals surface area (Å²) in [5, 5.41) is 8.54. The monoisotopic (exact) mass is 1230 g/mol. The van der Waals surface area contributed by atoms with Crippen LogP contribution in [0.15, 0.2) is 288 Å². The van der Waals surface area contributed by atoms with Crippen molar-refractivity contribution in [3.05, 3.63) is 301 Å². The smallest absolute Gasteiger partial charge is 0.164 e. The van der Waals surface area contributed by atoms with E-state index in [1.54, 1.807) is 0 Å². The molecule has 0 amide bonds. The van der Waals surface area contributed by atoms with E-state index in [0.717, 1.165) is 155 Å². The maximum atomic E-state index is 6.85. The van der Waals surface area contributed by atoms with E-state index >= 15 is 0 Å². The minimum absolute atomic E-state index is 0.546. The molecule has 454 valence electrons. The van der Waals surface area contributed by atoms with Crippen molar-refractivity contribution in [3.63, 3.8) is 0 Å². The quantitative estimate of drug-likeness (QED) is 0.136. The molecule has 96 heavy (non-hydrogen) atoms. The van der Waals surface area contributed by atoms with Gasteiger partial charge in [0.05, 0.1) is 34.1 Å². The Hall–Kier alpha value is -12.4. The molecule has 0 aliphatic carbocycles. The van der Waals surface area contributed by atoms with E-state index in [4.69, 9.17) is 38.7 Å². The van der Waals surface area contributed by atoms with Crippen LogP contribution in [0.2, 0.25) is 0 Å². The van der Waals surface area contributed by atoms with Crippen LogP contribution in [0.4, 0.5) is 34.1 Å². The highest BCUT2D eigenvalue weighted by molar-refractivity contribution is 6.25. The van der Waals surface area contributed by atoms with E-state index < -0.39 is 10.8 Å². The van der Waals surface area contributed by atoms with Gasteiger partial charge in [-0.1, -0.05) is 234 Å². The average Bonchev–Trinajstić information content (AvgIpc) is 1.01. The Labute approximate surface area is 553 Å². The van der Waals surface area contributed by atoms with Crippen molar-refractivity contribution in [2.45, 2.75) is 38.5 Å². The molecule has 0 N–H and O–H groups in total. The Morgan fingerprint density at radius 3 is 0.823 bits per heavy atom. The van der Waals surface area contributed by atoms with Crippen LogP contribution in [0.1, 0.15) is 49.9 Å². The predicted molar refractivity (Wildman–Crippen MR) is 389 cm³/mol. The van der Waals surface area contributed by atoms with Gasteiger partial charge < -0.3 is 18.6 Å². The third kappa shape index (κ3) is 8.51. The largest absolute Gasteiger partial charge is 0.456 e. The molecule has 17 aromatic rings. The topological polar surface area (TPSA) is 110 Å². The molecule has 0 unspecified atom stereocenters. The Bertz CT molecular complexity index is 5500. The van der Waals surface area contributed by atoms with E-state index in [9.17, 15) is 0 Å². The molecule has 0 fully saturated rings. The second-order valence-corrected chi connectivity index (χ2v) is 26.2. The number of anilines is 6. The third-order valence-electron chi connectivity index (χ3n) is 19.9. The summed E-state index contributed by atoms with van der Waals surface area (Å²) in [6, 6.07) is 98.2. The van der Waals surface area contributed by atoms with Gasteiger partial charge in [-0.05, 0) is 82.9 Å². The highest BCUT2D eigenvalue weighted by Gasteiger charge is 2.43. The fourth-order valence-corrected chi connectivity index (χ4v) is 15.1. The molecule has 2 aliphatic rings. The lowest BCUT2D eigenvalue weighted by molar-refractivity contribution is 0.630. The molecule has 0 atom stereocenters. The van der Waals surface area contributed by atoms with E-state index in [1.807, 2.05) is 84.9 Å². The molecular formula is C86H58N8O2. The summed E-state index contributed by atoms with van der Waals surface area (Å²) < 4.78 is 13.7. The van der Waals surface area contributed by atoms with Gasteiger partial charge in [-0.2, -0.15) is 0 Å². The van der Waals surface area contributed by atoms with E-state index in [2.05, 4.69) is 232 Å². The van der Waals surface area contributed by atoms with Crippen LogP contribution in [-0.2, 0) is 10.8 Å². The van der Waals surface area contributed by atoms with Crippen molar-refractivity contribution in [3.8, 4) is 68.3 Å². The number of hydrogen-bond donors (Lipinski definition) is 0. The van der Waals surface area contributed by atoms with Crippen molar-refractivity contribution in [2.24, 2.45) is 0 Å². The van der Waals surface area contributed by atoms with Crippen molar-refractivity contribution in [1.29, 1.82) is 0 Å². The van der Waals surface area contributed by atoms with E-state index in [1.165, 1.54) is 0 Å². The molecule has 4 aromatic heterocycles. The lowest BCUT2D eigenvalue weighted by Crippen LogP contribution is -2.32. The molecule has 6 heterocycles. The van der Waals surface area contributed by atoms with E-state index in [0.29, 0.717) is 34.9 Å². The third-order valence-corrected chi connectivity index (χ3v) is 19.9. The van der Waals surface area contributed by atoms with Gasteiger partial charge in [0.2, 0.25) is 0 Å². The summed E-state index contributed by atoms with van der Waals surface area (Å²) in [7, 11) is 0. The van der Waals surface area contributed by atoms with Crippen LogP contribution in [0.3, 0.4) is 0 Å². The summed E-state index contributed by atoms with van der Waals surface area (Å²) in [4.78, 5) is 36.3. The second-order valence-electron chi connectivity index (χ2n) is 26.2. The number of aromatic nitrogens is 6. The zero-order chi connectivity index (χ0) is 64.0. The first-order valence-electron chi connectivity index (χ1n) is 32.6. The SMILES string of the molecule is CC1(C)c2cc(-c3nc(-c4ccccc4)nc(-c4ccccc4)n3)ccc2N(c2c3ccccc3c(N3c4ccc(-c5nc(-c6ccccc6)nc(-c6ccccc6)n5)cc4C(C)(C)c4cc5c(cc43)oc3ccccc35)c3ccccc23)c2cc3oc4ccccc4c3cc21. The highest BCUT2D eigenvalue weighted by atomic mass is 16.3. The standard InChI is InChI=1S/C86H58N8O2/c1-85(2)65-45-55(83-89-79(51-25-9-5-10-26-51)87-80(90-83)52-27-11-6-12-28-52)41-43-69(65)93(71-49-75-63(47-67(71)85)57-33-21-23-39-73(57)95-75)77-59-35-17-19-37-61(59)78(62-38-20-18-36-60(62)77)94-70-44-42-56(84-91-81(53-29-13-7-14-30-53)88-82(92-84)54-31-15-8-16-32-54)46-66(70)86(3,4)68-48-64-58-34-22-24-40-74(58)96-76(64)50-72(68)94/h5-50H,1-4H3. The number of nitrogens with zero attached hydrogens (tertiary/aromatic N) is 8. The van der Waals surface area contributed by atoms with Crippen molar-refractivity contribution in [1.82, 2.24) is 29.9 Å².